The Bertz CT molecular complexity index is 1170. The lowest BCUT2D eigenvalue weighted by Crippen LogP contribution is -2.13. The molecule has 0 aliphatic heterocycles. The minimum Gasteiger partial charge on any atom is -0.346 e. The van der Waals surface area contributed by atoms with Crippen molar-refractivity contribution in [3.05, 3.63) is 69.8 Å². The van der Waals surface area contributed by atoms with Crippen LogP contribution in [0.1, 0.15) is 12.0 Å². The van der Waals surface area contributed by atoms with E-state index in [0.717, 1.165) is 16.5 Å². The molecule has 5 nitrogen and oxygen atoms in total. The van der Waals surface area contributed by atoms with Crippen molar-refractivity contribution in [3.63, 3.8) is 0 Å². The highest BCUT2D eigenvalue weighted by Gasteiger charge is 2.14. The quantitative estimate of drug-likeness (QED) is 0.452. The number of amides is 1. The summed E-state index contributed by atoms with van der Waals surface area (Å²) in [6.07, 6.45) is 3.72. The van der Waals surface area contributed by atoms with Gasteiger partial charge in [0.05, 0.1) is 23.2 Å². The molecule has 0 aliphatic rings. The molecule has 0 atom stereocenters. The molecule has 1 aromatic heterocycles. The van der Waals surface area contributed by atoms with Crippen molar-refractivity contribution >= 4 is 51.8 Å². The van der Waals surface area contributed by atoms with Crippen LogP contribution >= 0.6 is 23.2 Å². The molecule has 0 bridgehead atoms. The van der Waals surface area contributed by atoms with Crippen LogP contribution in [0.4, 0.5) is 5.69 Å². The Kier molecular flexibility index (Phi) is 6.01. The third kappa shape index (κ3) is 4.18. The fourth-order valence-corrected chi connectivity index (χ4v) is 3.17. The van der Waals surface area contributed by atoms with Gasteiger partial charge in [0, 0.05) is 34.2 Å². The molecular weight excluding hydrogens is 395 g/mol. The van der Waals surface area contributed by atoms with Crippen molar-refractivity contribution in [1.82, 2.24) is 4.57 Å². The number of fused-ring (bicyclic) bond motifs is 1. The Morgan fingerprint density at radius 1 is 1.18 bits per heavy atom. The maximum absolute atomic E-state index is 12.6. The van der Waals surface area contributed by atoms with Gasteiger partial charge in [0.1, 0.15) is 11.6 Å². The Balaban J connectivity index is 1.96. The second-order valence-corrected chi connectivity index (χ2v) is 6.79. The molecule has 0 radical (unpaired) electrons. The van der Waals surface area contributed by atoms with Crippen molar-refractivity contribution in [2.75, 3.05) is 5.32 Å². The standard InChI is InChI=1S/C21H14Cl2N4O/c22-16-6-7-18(23)19(11-16)26-21(28)14(12-25)10-15-13-27(9-3-8-24)20-5-2-1-4-17(15)20/h1-2,4-7,10-11,13H,3,9H2,(H,26,28)/b14-10+. The van der Waals surface area contributed by atoms with Crippen LogP contribution in [0.3, 0.4) is 0 Å². The maximum Gasteiger partial charge on any atom is 0.266 e. The third-order valence-corrected chi connectivity index (χ3v) is 4.69. The largest absolute Gasteiger partial charge is 0.346 e. The topological polar surface area (TPSA) is 81.6 Å². The number of para-hydroxylation sites is 1. The van der Waals surface area contributed by atoms with Crippen LogP contribution in [0.2, 0.25) is 10.0 Å². The molecule has 3 aromatic rings. The fraction of sp³-hybridized carbons (Fsp3) is 0.0952. The number of rotatable bonds is 5. The van der Waals surface area contributed by atoms with Gasteiger partial charge in [-0.1, -0.05) is 41.4 Å². The van der Waals surface area contributed by atoms with Gasteiger partial charge in [0.2, 0.25) is 0 Å². The minimum absolute atomic E-state index is 0.0702. The van der Waals surface area contributed by atoms with Crippen LogP contribution in [-0.2, 0) is 11.3 Å². The van der Waals surface area contributed by atoms with E-state index in [1.54, 1.807) is 12.1 Å². The summed E-state index contributed by atoms with van der Waals surface area (Å²) in [6.45, 7) is 0.525. The number of carbonyl (C=O) groups is 1. The number of hydrogen-bond acceptors (Lipinski definition) is 3. The second kappa shape index (κ2) is 8.63. The number of nitrogens with one attached hydrogen (secondary N) is 1. The number of nitriles is 2. The highest BCUT2D eigenvalue weighted by molar-refractivity contribution is 6.36. The number of aromatic nitrogens is 1. The van der Waals surface area contributed by atoms with E-state index in [9.17, 15) is 10.1 Å². The summed E-state index contributed by atoms with van der Waals surface area (Å²) in [7, 11) is 0. The van der Waals surface area contributed by atoms with Crippen molar-refractivity contribution in [2.24, 2.45) is 0 Å². The first kappa shape index (κ1) is 19.5. The molecule has 0 unspecified atom stereocenters. The first-order chi connectivity index (χ1) is 13.5. The van der Waals surface area contributed by atoms with E-state index in [-0.39, 0.29) is 5.57 Å². The fourth-order valence-electron chi connectivity index (χ4n) is 2.83. The minimum atomic E-state index is -0.583. The molecule has 7 heteroatoms. The Morgan fingerprint density at radius 3 is 2.71 bits per heavy atom. The van der Waals surface area contributed by atoms with Gasteiger partial charge in [-0.2, -0.15) is 10.5 Å². The van der Waals surface area contributed by atoms with Crippen molar-refractivity contribution in [2.45, 2.75) is 13.0 Å². The zero-order chi connectivity index (χ0) is 20.1. The number of nitrogens with zero attached hydrogens (tertiary/aromatic N) is 3. The Morgan fingerprint density at radius 2 is 1.96 bits per heavy atom. The molecule has 0 spiro atoms. The lowest BCUT2D eigenvalue weighted by atomic mass is 10.1. The molecule has 1 amide bonds. The first-order valence-corrected chi connectivity index (χ1v) is 9.12. The van der Waals surface area contributed by atoms with E-state index >= 15 is 0 Å². The van der Waals surface area contributed by atoms with E-state index in [1.807, 2.05) is 41.1 Å². The van der Waals surface area contributed by atoms with Gasteiger partial charge >= 0.3 is 0 Å². The third-order valence-electron chi connectivity index (χ3n) is 4.13. The van der Waals surface area contributed by atoms with E-state index in [2.05, 4.69) is 11.4 Å². The highest BCUT2D eigenvalue weighted by Crippen LogP contribution is 2.27. The summed E-state index contributed by atoms with van der Waals surface area (Å²) >= 11 is 12.0. The van der Waals surface area contributed by atoms with E-state index in [4.69, 9.17) is 28.5 Å². The van der Waals surface area contributed by atoms with E-state index < -0.39 is 5.91 Å². The zero-order valence-corrected chi connectivity index (χ0v) is 16.1. The van der Waals surface area contributed by atoms with Gasteiger partial charge < -0.3 is 9.88 Å². The van der Waals surface area contributed by atoms with Crippen LogP contribution in [0.25, 0.3) is 17.0 Å². The average molecular weight is 409 g/mol. The van der Waals surface area contributed by atoms with Crippen LogP contribution in [-0.4, -0.2) is 10.5 Å². The van der Waals surface area contributed by atoms with Crippen LogP contribution in [0.15, 0.2) is 54.2 Å². The van der Waals surface area contributed by atoms with E-state index in [0.29, 0.717) is 28.7 Å². The Labute approximate surface area is 172 Å². The second-order valence-electron chi connectivity index (χ2n) is 5.95. The molecular formula is C21H14Cl2N4O. The first-order valence-electron chi connectivity index (χ1n) is 8.36. The van der Waals surface area contributed by atoms with Crippen LogP contribution < -0.4 is 5.32 Å². The Hall–Kier alpha value is -3.25. The zero-order valence-electron chi connectivity index (χ0n) is 14.6. The van der Waals surface area contributed by atoms with Gasteiger partial charge in [-0.3, -0.25) is 4.79 Å². The molecule has 0 aliphatic carbocycles. The van der Waals surface area contributed by atoms with Crippen molar-refractivity contribution in [3.8, 4) is 12.1 Å². The molecule has 0 saturated heterocycles. The number of anilines is 1. The van der Waals surface area contributed by atoms with Crippen molar-refractivity contribution in [1.29, 1.82) is 10.5 Å². The number of carbonyl (C=O) groups excluding carboxylic acids is 1. The lowest BCUT2D eigenvalue weighted by Gasteiger charge is -2.06. The SMILES string of the molecule is N#CCCn1cc(/C=C(\C#N)C(=O)Nc2cc(Cl)ccc2Cl)c2ccccc21. The maximum atomic E-state index is 12.6. The van der Waals surface area contributed by atoms with Gasteiger partial charge in [0.25, 0.3) is 5.91 Å². The number of halogens is 2. The van der Waals surface area contributed by atoms with Gasteiger partial charge in [-0.25, -0.2) is 0 Å². The summed E-state index contributed by atoms with van der Waals surface area (Å²) in [5, 5.41) is 22.6. The van der Waals surface area contributed by atoms with Gasteiger partial charge in [-0.15, -0.1) is 0 Å². The van der Waals surface area contributed by atoms with Gasteiger partial charge in [0.15, 0.2) is 0 Å². The number of benzene rings is 2. The normalized spacial score (nSPS) is 11.1. The molecule has 2 aromatic carbocycles. The molecule has 138 valence electrons. The molecule has 28 heavy (non-hydrogen) atoms. The molecule has 1 N–H and O–H groups in total. The van der Waals surface area contributed by atoms with Crippen LogP contribution in [0, 0.1) is 22.7 Å². The predicted molar refractivity (Wildman–Crippen MR) is 111 cm³/mol. The van der Waals surface area contributed by atoms with E-state index in [1.165, 1.54) is 12.1 Å². The monoisotopic (exact) mass is 408 g/mol. The van der Waals surface area contributed by atoms with Gasteiger partial charge in [-0.05, 0) is 30.3 Å². The smallest absolute Gasteiger partial charge is 0.266 e. The lowest BCUT2D eigenvalue weighted by molar-refractivity contribution is -0.112. The molecule has 1 heterocycles. The van der Waals surface area contributed by atoms with Crippen molar-refractivity contribution < 1.29 is 4.79 Å². The average Bonchev–Trinajstić information content (AvgIpc) is 3.04. The van der Waals surface area contributed by atoms with Crippen LogP contribution in [0.5, 0.6) is 0 Å². The summed E-state index contributed by atoms with van der Waals surface area (Å²) < 4.78 is 1.94. The summed E-state index contributed by atoms with van der Waals surface area (Å²) in [5.41, 5.74) is 1.91. The summed E-state index contributed by atoms with van der Waals surface area (Å²) in [4.78, 5) is 12.6. The molecule has 3 rings (SSSR count). The predicted octanol–water partition coefficient (Wildman–Crippen LogP) is 5.41. The summed E-state index contributed by atoms with van der Waals surface area (Å²) in [5.74, 6) is -0.583. The molecule has 0 fully saturated rings. The highest BCUT2D eigenvalue weighted by atomic mass is 35.5. The summed E-state index contributed by atoms with van der Waals surface area (Å²) in [6, 6.07) is 16.4. The molecule has 0 saturated carbocycles. The number of aryl methyl sites for hydroxylation is 1. The number of hydrogen-bond donors (Lipinski definition) is 1.